The Morgan fingerprint density at radius 3 is 2.26 bits per heavy atom. The fourth-order valence-corrected chi connectivity index (χ4v) is 4.23. The van der Waals surface area contributed by atoms with Crippen molar-refractivity contribution in [1.82, 2.24) is 20.0 Å². The summed E-state index contributed by atoms with van der Waals surface area (Å²) in [5.74, 6) is -0.00959. The number of likely N-dealkylation sites (tertiary alicyclic amines) is 1. The van der Waals surface area contributed by atoms with Gasteiger partial charge in [-0.25, -0.2) is 4.79 Å². The standard InChI is InChI=1S/C22H35N5O4/c1-16(31-3)20(24-22(30)23-17-4-6-19(28)7-5-17)21(29)27-14-12-26(13-15-27)18-8-10-25(2)11-9-18/h4-7,16,18,20,28H,8-15H2,1-3H3,(H2,23,24,30)/t16-,20-/m1/s1. The number of phenolic OH excluding ortho intramolecular Hbond substituents is 1. The molecular formula is C22H35N5O4. The highest BCUT2D eigenvalue weighted by atomic mass is 16.5. The van der Waals surface area contributed by atoms with Crippen LogP contribution in [0.25, 0.3) is 0 Å². The fourth-order valence-electron chi connectivity index (χ4n) is 4.23. The third-order valence-corrected chi connectivity index (χ3v) is 6.35. The van der Waals surface area contributed by atoms with Gasteiger partial charge in [0.2, 0.25) is 5.91 Å². The third kappa shape index (κ3) is 6.32. The lowest BCUT2D eigenvalue weighted by atomic mass is 10.0. The van der Waals surface area contributed by atoms with E-state index in [1.54, 1.807) is 19.1 Å². The minimum atomic E-state index is -0.781. The van der Waals surface area contributed by atoms with E-state index in [2.05, 4.69) is 27.5 Å². The molecule has 2 saturated heterocycles. The van der Waals surface area contributed by atoms with Crippen LogP contribution in [0.3, 0.4) is 0 Å². The second-order valence-corrected chi connectivity index (χ2v) is 8.46. The number of carbonyl (C=O) groups is 2. The SMILES string of the molecule is CO[C@H](C)[C@@H](NC(=O)Nc1ccc(O)cc1)C(=O)N1CCN(C2CCN(C)CC2)CC1. The summed E-state index contributed by atoms with van der Waals surface area (Å²) in [6.07, 6.45) is 1.88. The fraction of sp³-hybridized carbons (Fsp3) is 0.636. The van der Waals surface area contributed by atoms with E-state index in [4.69, 9.17) is 4.74 Å². The minimum absolute atomic E-state index is 0.117. The number of urea groups is 1. The predicted molar refractivity (Wildman–Crippen MR) is 119 cm³/mol. The van der Waals surface area contributed by atoms with Crippen molar-refractivity contribution in [3.63, 3.8) is 0 Å². The van der Waals surface area contributed by atoms with Crippen LogP contribution >= 0.6 is 0 Å². The first kappa shape index (κ1) is 23.3. The lowest BCUT2D eigenvalue weighted by Gasteiger charge is -2.43. The number of carbonyl (C=O) groups excluding carboxylic acids is 2. The first-order valence-electron chi connectivity index (χ1n) is 11.0. The molecule has 2 atom stereocenters. The largest absolute Gasteiger partial charge is 0.508 e. The number of nitrogens with zero attached hydrogens (tertiary/aromatic N) is 3. The summed E-state index contributed by atoms with van der Waals surface area (Å²) in [6, 6.07) is 5.48. The lowest BCUT2D eigenvalue weighted by Crippen LogP contribution is -2.60. The molecule has 31 heavy (non-hydrogen) atoms. The normalized spacial score (nSPS) is 20.8. The molecule has 9 nitrogen and oxygen atoms in total. The van der Waals surface area contributed by atoms with Crippen molar-refractivity contribution in [3.8, 4) is 5.75 Å². The van der Waals surface area contributed by atoms with Crippen LogP contribution in [0.2, 0.25) is 0 Å². The summed E-state index contributed by atoms with van der Waals surface area (Å²) in [6.45, 7) is 7.04. The molecule has 0 saturated carbocycles. The van der Waals surface area contributed by atoms with Gasteiger partial charge in [0.1, 0.15) is 11.8 Å². The van der Waals surface area contributed by atoms with Crippen molar-refractivity contribution >= 4 is 17.6 Å². The highest BCUT2D eigenvalue weighted by Gasteiger charge is 2.34. The molecule has 2 aliphatic rings. The van der Waals surface area contributed by atoms with Crippen molar-refractivity contribution in [1.29, 1.82) is 0 Å². The molecule has 3 amide bonds. The molecule has 0 aliphatic carbocycles. The number of benzene rings is 1. The quantitative estimate of drug-likeness (QED) is 0.583. The van der Waals surface area contributed by atoms with E-state index in [1.165, 1.54) is 32.1 Å². The Morgan fingerprint density at radius 2 is 1.68 bits per heavy atom. The molecule has 3 rings (SSSR count). The Bertz CT molecular complexity index is 728. The molecule has 0 aromatic heterocycles. The van der Waals surface area contributed by atoms with Crippen LogP contribution in [0.4, 0.5) is 10.5 Å². The van der Waals surface area contributed by atoms with Gasteiger partial charge in [-0.2, -0.15) is 0 Å². The molecule has 2 heterocycles. The molecule has 0 spiro atoms. The summed E-state index contributed by atoms with van der Waals surface area (Å²) in [5, 5.41) is 14.8. The van der Waals surface area contributed by atoms with Gasteiger partial charge in [0, 0.05) is 45.0 Å². The summed E-state index contributed by atoms with van der Waals surface area (Å²) >= 11 is 0. The second kappa shape index (κ2) is 10.8. The Kier molecular flexibility index (Phi) is 8.11. The molecule has 2 fully saturated rings. The Labute approximate surface area is 184 Å². The number of piperazine rings is 1. The smallest absolute Gasteiger partial charge is 0.319 e. The first-order valence-corrected chi connectivity index (χ1v) is 11.0. The summed E-state index contributed by atoms with van der Waals surface area (Å²) in [7, 11) is 3.69. The highest BCUT2D eigenvalue weighted by molar-refractivity contribution is 5.94. The van der Waals surface area contributed by atoms with Gasteiger partial charge in [-0.1, -0.05) is 0 Å². The molecule has 2 aliphatic heterocycles. The zero-order valence-corrected chi connectivity index (χ0v) is 18.7. The maximum absolute atomic E-state index is 13.2. The van der Waals surface area contributed by atoms with E-state index in [0.29, 0.717) is 24.8 Å². The van der Waals surface area contributed by atoms with E-state index < -0.39 is 18.2 Å². The number of methoxy groups -OCH3 is 1. The van der Waals surface area contributed by atoms with Gasteiger partial charge in [0.25, 0.3) is 0 Å². The molecule has 0 unspecified atom stereocenters. The summed E-state index contributed by atoms with van der Waals surface area (Å²) in [5.41, 5.74) is 0.526. The van der Waals surface area contributed by atoms with Gasteiger partial charge in [-0.15, -0.1) is 0 Å². The van der Waals surface area contributed by atoms with Crippen LogP contribution in [0.1, 0.15) is 19.8 Å². The number of ether oxygens (including phenoxy) is 1. The van der Waals surface area contributed by atoms with Crippen LogP contribution in [0.15, 0.2) is 24.3 Å². The predicted octanol–water partition coefficient (Wildman–Crippen LogP) is 1.16. The summed E-state index contributed by atoms with van der Waals surface area (Å²) in [4.78, 5) is 32.4. The minimum Gasteiger partial charge on any atom is -0.508 e. The average molecular weight is 434 g/mol. The van der Waals surface area contributed by atoms with E-state index in [-0.39, 0.29) is 11.7 Å². The Morgan fingerprint density at radius 1 is 1.06 bits per heavy atom. The van der Waals surface area contributed by atoms with Gasteiger partial charge in [-0.05, 0) is 64.2 Å². The number of phenols is 1. The lowest BCUT2D eigenvalue weighted by molar-refractivity contribution is -0.138. The number of aromatic hydroxyl groups is 1. The summed E-state index contributed by atoms with van der Waals surface area (Å²) < 4.78 is 5.38. The number of hydrogen-bond acceptors (Lipinski definition) is 6. The number of anilines is 1. The van der Waals surface area contributed by atoms with Crippen LogP contribution in [-0.4, -0.2) is 103 Å². The van der Waals surface area contributed by atoms with Crippen molar-refractivity contribution in [2.45, 2.75) is 38.0 Å². The van der Waals surface area contributed by atoms with Gasteiger partial charge >= 0.3 is 6.03 Å². The molecule has 0 radical (unpaired) electrons. The number of nitrogens with one attached hydrogen (secondary N) is 2. The van der Waals surface area contributed by atoms with Crippen LogP contribution in [-0.2, 0) is 9.53 Å². The van der Waals surface area contributed by atoms with E-state index in [0.717, 1.165) is 26.2 Å². The molecule has 3 N–H and O–H groups in total. The van der Waals surface area contributed by atoms with E-state index in [9.17, 15) is 14.7 Å². The van der Waals surface area contributed by atoms with E-state index in [1.807, 2.05) is 4.90 Å². The molecule has 1 aromatic rings. The second-order valence-electron chi connectivity index (χ2n) is 8.46. The van der Waals surface area contributed by atoms with E-state index >= 15 is 0 Å². The number of piperidine rings is 1. The Hall–Kier alpha value is -2.36. The van der Waals surface area contributed by atoms with Gasteiger partial charge in [0.15, 0.2) is 0 Å². The van der Waals surface area contributed by atoms with Crippen LogP contribution in [0, 0.1) is 0 Å². The van der Waals surface area contributed by atoms with Crippen molar-refractivity contribution in [2.24, 2.45) is 0 Å². The number of amides is 3. The average Bonchev–Trinajstić information content (AvgIpc) is 2.79. The van der Waals surface area contributed by atoms with Gasteiger partial charge < -0.3 is 30.3 Å². The van der Waals surface area contributed by atoms with Gasteiger partial charge in [0.05, 0.1) is 6.10 Å². The van der Waals surface area contributed by atoms with Gasteiger partial charge in [-0.3, -0.25) is 9.69 Å². The molecule has 1 aromatic carbocycles. The number of hydrogen-bond donors (Lipinski definition) is 3. The van der Waals surface area contributed by atoms with Crippen molar-refractivity contribution in [3.05, 3.63) is 24.3 Å². The van der Waals surface area contributed by atoms with Crippen LogP contribution < -0.4 is 10.6 Å². The maximum Gasteiger partial charge on any atom is 0.319 e. The molecule has 172 valence electrons. The topological polar surface area (TPSA) is 97.4 Å². The molecule has 0 bridgehead atoms. The zero-order chi connectivity index (χ0) is 22.4. The molecule has 9 heteroatoms. The van der Waals surface area contributed by atoms with Crippen molar-refractivity contribution in [2.75, 3.05) is 58.7 Å². The highest BCUT2D eigenvalue weighted by Crippen LogP contribution is 2.18. The Balaban J connectivity index is 1.54. The monoisotopic (exact) mass is 433 g/mol. The zero-order valence-electron chi connectivity index (χ0n) is 18.7. The first-order chi connectivity index (χ1) is 14.9. The van der Waals surface area contributed by atoms with Crippen LogP contribution in [0.5, 0.6) is 5.75 Å². The maximum atomic E-state index is 13.2. The number of rotatable bonds is 6. The molecular weight excluding hydrogens is 398 g/mol. The van der Waals surface area contributed by atoms with Crippen molar-refractivity contribution < 1.29 is 19.4 Å². The third-order valence-electron chi connectivity index (χ3n) is 6.35.